The first-order valence-electron chi connectivity index (χ1n) is 13.5. The van der Waals surface area contributed by atoms with Crippen LogP contribution in [0.4, 0.5) is 0 Å². The Bertz CT molecular complexity index is 1220. The molecule has 0 saturated carbocycles. The van der Waals surface area contributed by atoms with Crippen LogP contribution >= 0.6 is 0 Å². The van der Waals surface area contributed by atoms with Crippen molar-refractivity contribution in [2.45, 2.75) is 57.8 Å². The zero-order chi connectivity index (χ0) is 26.5. The van der Waals surface area contributed by atoms with Crippen molar-refractivity contribution >= 4 is 11.8 Å². The molecule has 0 aliphatic carbocycles. The molecule has 2 aliphatic rings. The summed E-state index contributed by atoms with van der Waals surface area (Å²) in [4.78, 5) is 35.7. The van der Waals surface area contributed by atoms with Crippen molar-refractivity contribution in [3.8, 4) is 11.5 Å². The van der Waals surface area contributed by atoms with Crippen molar-refractivity contribution in [3.05, 3.63) is 90.3 Å². The van der Waals surface area contributed by atoms with Crippen molar-refractivity contribution in [3.63, 3.8) is 0 Å². The van der Waals surface area contributed by atoms with Crippen LogP contribution in [0, 0.1) is 5.92 Å². The van der Waals surface area contributed by atoms with E-state index in [0.717, 1.165) is 36.7 Å². The Morgan fingerprint density at radius 3 is 2.29 bits per heavy atom. The van der Waals surface area contributed by atoms with Gasteiger partial charge in [-0.3, -0.25) is 19.5 Å². The number of piperidine rings is 1. The highest BCUT2D eigenvalue weighted by molar-refractivity contribution is 6.00. The minimum Gasteiger partial charge on any atom is -0.457 e. The summed E-state index contributed by atoms with van der Waals surface area (Å²) in [6, 6.07) is 21.3. The number of likely N-dealkylation sites (tertiary alicyclic amines) is 1. The van der Waals surface area contributed by atoms with E-state index >= 15 is 0 Å². The van der Waals surface area contributed by atoms with E-state index in [4.69, 9.17) is 4.74 Å². The highest BCUT2D eigenvalue weighted by Crippen LogP contribution is 2.35. The van der Waals surface area contributed by atoms with Gasteiger partial charge in [0.05, 0.1) is 0 Å². The molecule has 198 valence electrons. The molecule has 3 heterocycles. The van der Waals surface area contributed by atoms with E-state index in [1.807, 2.05) is 59.5 Å². The van der Waals surface area contributed by atoms with Gasteiger partial charge in [-0.2, -0.15) is 0 Å². The Kier molecular flexibility index (Phi) is 7.74. The number of rotatable bonds is 8. The Morgan fingerprint density at radius 2 is 1.63 bits per heavy atom. The minimum atomic E-state index is -0.829. The first kappa shape index (κ1) is 25.9. The molecule has 1 atom stereocenters. The van der Waals surface area contributed by atoms with E-state index in [1.54, 1.807) is 12.4 Å². The van der Waals surface area contributed by atoms with Crippen LogP contribution in [0.2, 0.25) is 0 Å². The summed E-state index contributed by atoms with van der Waals surface area (Å²) in [5, 5.41) is 3.09. The molecule has 2 aliphatic heterocycles. The van der Waals surface area contributed by atoms with Crippen LogP contribution in [0.3, 0.4) is 0 Å². The maximum atomic E-state index is 13.7. The lowest BCUT2D eigenvalue weighted by Gasteiger charge is -2.52. The number of ether oxygens (including phenoxy) is 1. The number of nitrogens with one attached hydrogen (secondary N) is 1. The fraction of sp³-hybridized carbons (Fsp3) is 0.387. The van der Waals surface area contributed by atoms with Crippen molar-refractivity contribution in [2.75, 3.05) is 13.1 Å². The predicted octanol–water partition coefficient (Wildman–Crippen LogP) is 4.78. The monoisotopic (exact) mass is 512 g/mol. The molecule has 2 amide bonds. The number of para-hydroxylation sites is 1. The number of aromatic nitrogens is 1. The SMILES string of the molecule is CC(C)CC1NC(=O)C2(CCN(Cc3ccc(Oc4ccccc4)cc3)CC2)N(Cc2cccnc2)C1=O. The Morgan fingerprint density at radius 1 is 0.921 bits per heavy atom. The van der Waals surface area contributed by atoms with Crippen LogP contribution in [0.15, 0.2) is 79.1 Å². The number of pyridine rings is 1. The Balaban J connectivity index is 1.26. The van der Waals surface area contributed by atoms with Crippen LogP contribution in [0.5, 0.6) is 11.5 Å². The molecule has 5 rings (SSSR count). The van der Waals surface area contributed by atoms with Crippen LogP contribution in [0.1, 0.15) is 44.2 Å². The second kappa shape index (κ2) is 11.4. The van der Waals surface area contributed by atoms with E-state index in [2.05, 4.69) is 41.2 Å². The third kappa shape index (κ3) is 5.73. The average molecular weight is 513 g/mol. The largest absolute Gasteiger partial charge is 0.457 e. The van der Waals surface area contributed by atoms with Gasteiger partial charge in [0.15, 0.2) is 0 Å². The summed E-state index contributed by atoms with van der Waals surface area (Å²) in [5.41, 5.74) is 1.30. The third-order valence-electron chi connectivity index (χ3n) is 7.57. The first-order chi connectivity index (χ1) is 18.4. The van der Waals surface area contributed by atoms with Gasteiger partial charge >= 0.3 is 0 Å². The smallest absolute Gasteiger partial charge is 0.246 e. The summed E-state index contributed by atoms with van der Waals surface area (Å²) < 4.78 is 5.91. The van der Waals surface area contributed by atoms with Crippen LogP contribution in [-0.4, -0.2) is 51.3 Å². The Hall–Kier alpha value is -3.71. The quantitative estimate of drug-likeness (QED) is 0.470. The van der Waals surface area contributed by atoms with Crippen molar-refractivity contribution < 1.29 is 14.3 Å². The van der Waals surface area contributed by atoms with Gasteiger partial charge in [-0.1, -0.05) is 50.2 Å². The van der Waals surface area contributed by atoms with E-state index in [1.165, 1.54) is 5.56 Å². The van der Waals surface area contributed by atoms with Gasteiger partial charge in [0.1, 0.15) is 23.1 Å². The molecule has 2 aromatic carbocycles. The summed E-state index contributed by atoms with van der Waals surface area (Å²) in [7, 11) is 0. The molecule has 7 heteroatoms. The molecular formula is C31H36N4O3. The highest BCUT2D eigenvalue weighted by Gasteiger charge is 2.53. The zero-order valence-electron chi connectivity index (χ0n) is 22.2. The molecule has 7 nitrogen and oxygen atoms in total. The number of piperazine rings is 1. The molecule has 1 spiro atoms. The number of hydrogen-bond acceptors (Lipinski definition) is 5. The summed E-state index contributed by atoms with van der Waals surface area (Å²) >= 11 is 0. The van der Waals surface area contributed by atoms with Gasteiger partial charge in [0.25, 0.3) is 0 Å². The Labute approximate surface area is 224 Å². The van der Waals surface area contributed by atoms with Crippen LogP contribution in [0.25, 0.3) is 0 Å². The fourth-order valence-corrected chi connectivity index (χ4v) is 5.53. The summed E-state index contributed by atoms with van der Waals surface area (Å²) in [6.07, 6.45) is 5.36. The molecule has 0 radical (unpaired) electrons. The first-order valence-corrected chi connectivity index (χ1v) is 13.5. The lowest BCUT2D eigenvalue weighted by molar-refractivity contribution is -0.162. The van der Waals surface area contributed by atoms with E-state index in [0.29, 0.717) is 31.7 Å². The van der Waals surface area contributed by atoms with Gasteiger partial charge in [0, 0.05) is 38.6 Å². The number of hydrogen-bond donors (Lipinski definition) is 1. The molecule has 1 unspecified atom stereocenters. The van der Waals surface area contributed by atoms with Gasteiger partial charge in [-0.25, -0.2) is 0 Å². The normalized spacial score (nSPS) is 19.6. The minimum absolute atomic E-state index is 0.0182. The molecule has 2 saturated heterocycles. The number of carbonyl (C=O) groups is 2. The van der Waals surface area contributed by atoms with Gasteiger partial charge in [0.2, 0.25) is 11.8 Å². The van der Waals surface area contributed by atoms with Gasteiger partial charge < -0.3 is 15.0 Å². The molecule has 0 bridgehead atoms. The molecule has 2 fully saturated rings. The standard InChI is InChI=1S/C31H36N4O3/c1-23(2)19-28-29(36)35(22-25-7-6-16-32-20-25)31(30(37)33-28)14-17-34(18-15-31)21-24-10-12-27(13-11-24)38-26-8-4-3-5-9-26/h3-13,16,20,23,28H,14-15,17-19,21-22H2,1-2H3,(H,33,37). The van der Waals surface area contributed by atoms with E-state index < -0.39 is 11.6 Å². The lowest BCUT2D eigenvalue weighted by atomic mass is 9.80. The van der Waals surface area contributed by atoms with Crippen molar-refractivity contribution in [1.82, 2.24) is 20.1 Å². The molecule has 1 N–H and O–H groups in total. The number of nitrogens with zero attached hydrogens (tertiary/aromatic N) is 3. The number of benzene rings is 2. The lowest BCUT2D eigenvalue weighted by Crippen LogP contribution is -2.72. The molecular weight excluding hydrogens is 476 g/mol. The predicted molar refractivity (Wildman–Crippen MR) is 146 cm³/mol. The van der Waals surface area contributed by atoms with E-state index in [9.17, 15) is 9.59 Å². The summed E-state index contributed by atoms with van der Waals surface area (Å²) in [5.74, 6) is 1.92. The second-order valence-electron chi connectivity index (χ2n) is 10.8. The number of amides is 2. The average Bonchev–Trinajstić information content (AvgIpc) is 2.93. The molecule has 38 heavy (non-hydrogen) atoms. The topological polar surface area (TPSA) is 74.8 Å². The number of carbonyl (C=O) groups excluding carboxylic acids is 2. The van der Waals surface area contributed by atoms with Crippen molar-refractivity contribution in [2.24, 2.45) is 5.92 Å². The van der Waals surface area contributed by atoms with Crippen molar-refractivity contribution in [1.29, 1.82) is 0 Å². The maximum absolute atomic E-state index is 13.7. The fourth-order valence-electron chi connectivity index (χ4n) is 5.53. The second-order valence-corrected chi connectivity index (χ2v) is 10.8. The maximum Gasteiger partial charge on any atom is 0.246 e. The third-order valence-corrected chi connectivity index (χ3v) is 7.57. The molecule has 3 aromatic rings. The van der Waals surface area contributed by atoms with Crippen LogP contribution in [-0.2, 0) is 22.7 Å². The summed E-state index contributed by atoms with van der Waals surface area (Å²) in [6.45, 7) is 6.82. The van der Waals surface area contributed by atoms with Gasteiger partial charge in [-0.15, -0.1) is 0 Å². The van der Waals surface area contributed by atoms with Gasteiger partial charge in [-0.05, 0) is 66.6 Å². The zero-order valence-corrected chi connectivity index (χ0v) is 22.2. The molecule has 1 aromatic heterocycles. The highest BCUT2D eigenvalue weighted by atomic mass is 16.5. The van der Waals surface area contributed by atoms with Crippen LogP contribution < -0.4 is 10.1 Å². The van der Waals surface area contributed by atoms with E-state index in [-0.39, 0.29) is 11.8 Å².